The molecule has 0 saturated carbocycles. The van der Waals surface area contributed by atoms with Gasteiger partial charge in [-0.3, -0.25) is 4.99 Å². The molecule has 2 aromatic rings. The van der Waals surface area contributed by atoms with Gasteiger partial charge in [0.25, 0.3) is 0 Å². The number of aryl methyl sites for hydroxylation is 1. The molecule has 0 spiro atoms. The van der Waals surface area contributed by atoms with E-state index in [1.54, 1.807) is 7.11 Å². The normalized spacial score (nSPS) is 18.6. The molecule has 144 valence electrons. The number of hydrogen-bond acceptors (Lipinski definition) is 3. The van der Waals surface area contributed by atoms with Crippen LogP contribution < -0.4 is 9.64 Å². The average molecular weight is 385 g/mol. The number of methoxy groups -OCH3 is 1. The first-order valence-corrected chi connectivity index (χ1v) is 9.94. The molecule has 1 atom stereocenters. The molecule has 0 amide bonds. The van der Waals surface area contributed by atoms with Crippen molar-refractivity contribution in [1.29, 1.82) is 0 Å². The number of aliphatic imine (C=N–C) groups is 1. The Balaban J connectivity index is 1.97. The minimum atomic E-state index is 0.184. The van der Waals surface area contributed by atoms with Gasteiger partial charge in [-0.15, -0.1) is 0 Å². The minimum absolute atomic E-state index is 0.184. The molecule has 0 saturated heterocycles. The molecule has 0 N–H and O–H groups in total. The number of benzene rings is 2. The maximum absolute atomic E-state index is 6.21. The Hall–Kier alpha value is -2.00. The molecule has 0 unspecified atom stereocenters. The number of rotatable bonds is 4. The van der Waals surface area contributed by atoms with Gasteiger partial charge in [-0.1, -0.05) is 18.5 Å². The molecule has 0 aliphatic carbocycles. The van der Waals surface area contributed by atoms with Gasteiger partial charge in [0.15, 0.2) is 0 Å². The maximum atomic E-state index is 6.21. The summed E-state index contributed by atoms with van der Waals surface area (Å²) < 4.78 is 5.20. The third kappa shape index (κ3) is 3.84. The lowest BCUT2D eigenvalue weighted by atomic mass is 9.79. The number of hydrogen-bond donors (Lipinski definition) is 0. The molecule has 1 aliphatic rings. The van der Waals surface area contributed by atoms with E-state index in [1.165, 1.54) is 16.8 Å². The highest BCUT2D eigenvalue weighted by atomic mass is 35.5. The van der Waals surface area contributed by atoms with Crippen molar-refractivity contribution in [2.45, 2.75) is 52.5 Å². The Bertz CT molecular complexity index is 873. The van der Waals surface area contributed by atoms with E-state index in [4.69, 9.17) is 16.3 Å². The van der Waals surface area contributed by atoms with Gasteiger partial charge >= 0.3 is 0 Å². The molecular formula is C23H29ClN2O. The number of fused-ring (bicyclic) bond motifs is 1. The number of ether oxygens (including phenoxy) is 1. The zero-order chi connectivity index (χ0) is 19.8. The quantitative estimate of drug-likeness (QED) is 0.560. The van der Waals surface area contributed by atoms with Crippen molar-refractivity contribution < 1.29 is 4.74 Å². The summed E-state index contributed by atoms with van der Waals surface area (Å²) in [6, 6.07) is 10.2. The summed E-state index contributed by atoms with van der Waals surface area (Å²) in [6.07, 6.45) is 3.10. The summed E-state index contributed by atoms with van der Waals surface area (Å²) in [5.41, 5.74) is 6.17. The summed E-state index contributed by atoms with van der Waals surface area (Å²) in [4.78, 5) is 7.16. The standard InChI is InChI=1S/C23H29ClN2O/c1-7-26-21-10-15(2)17(11-19(21)16(3)13-23(26,4)5)14-25-18-8-9-22(27-6)20(24)12-18/h8-12,14,16H,7,13H2,1-6H3/t16-/m1/s1. The van der Waals surface area contributed by atoms with Crippen LogP contribution in [-0.4, -0.2) is 25.4 Å². The highest BCUT2D eigenvalue weighted by molar-refractivity contribution is 6.32. The van der Waals surface area contributed by atoms with Crippen LogP contribution in [0.1, 0.15) is 56.7 Å². The highest BCUT2D eigenvalue weighted by Crippen LogP contribution is 2.44. The van der Waals surface area contributed by atoms with Gasteiger partial charge < -0.3 is 9.64 Å². The van der Waals surface area contributed by atoms with Crippen molar-refractivity contribution in [3.63, 3.8) is 0 Å². The van der Waals surface area contributed by atoms with Gasteiger partial charge in [0.05, 0.1) is 17.8 Å². The Morgan fingerprint density at radius 1 is 1.30 bits per heavy atom. The molecular weight excluding hydrogens is 356 g/mol. The van der Waals surface area contributed by atoms with Gasteiger partial charge in [-0.2, -0.15) is 0 Å². The molecule has 0 radical (unpaired) electrons. The van der Waals surface area contributed by atoms with Crippen LogP contribution in [0.2, 0.25) is 5.02 Å². The number of nitrogens with zero attached hydrogens (tertiary/aromatic N) is 2. The van der Waals surface area contributed by atoms with Crippen molar-refractivity contribution in [1.82, 2.24) is 0 Å². The van der Waals surface area contributed by atoms with Crippen LogP contribution >= 0.6 is 11.6 Å². The molecule has 4 heteroatoms. The smallest absolute Gasteiger partial charge is 0.137 e. The Morgan fingerprint density at radius 2 is 2.04 bits per heavy atom. The third-order valence-electron chi connectivity index (χ3n) is 5.58. The number of anilines is 1. The molecule has 3 nitrogen and oxygen atoms in total. The van der Waals surface area contributed by atoms with E-state index < -0.39 is 0 Å². The fraction of sp³-hybridized carbons (Fsp3) is 0.435. The lowest BCUT2D eigenvalue weighted by Gasteiger charge is -2.47. The summed E-state index contributed by atoms with van der Waals surface area (Å²) in [5, 5.41) is 0.573. The lowest BCUT2D eigenvalue weighted by molar-refractivity contribution is 0.381. The van der Waals surface area contributed by atoms with Crippen LogP contribution in [0, 0.1) is 6.92 Å². The highest BCUT2D eigenvalue weighted by Gasteiger charge is 2.35. The van der Waals surface area contributed by atoms with E-state index in [-0.39, 0.29) is 5.54 Å². The molecule has 0 aromatic heterocycles. The van der Waals surface area contributed by atoms with Crippen molar-refractivity contribution in [2.75, 3.05) is 18.6 Å². The molecule has 1 heterocycles. The Kier molecular flexibility index (Phi) is 5.53. The van der Waals surface area contributed by atoms with Crippen LogP contribution in [0.25, 0.3) is 0 Å². The van der Waals surface area contributed by atoms with E-state index in [0.29, 0.717) is 16.7 Å². The topological polar surface area (TPSA) is 24.8 Å². The van der Waals surface area contributed by atoms with Crippen molar-refractivity contribution in [2.24, 2.45) is 4.99 Å². The number of halogens is 1. The molecule has 0 bridgehead atoms. The van der Waals surface area contributed by atoms with E-state index >= 15 is 0 Å². The summed E-state index contributed by atoms with van der Waals surface area (Å²) >= 11 is 6.21. The summed E-state index contributed by atoms with van der Waals surface area (Å²) in [6.45, 7) is 12.4. The monoisotopic (exact) mass is 384 g/mol. The molecule has 1 aliphatic heterocycles. The predicted molar refractivity (Wildman–Crippen MR) is 117 cm³/mol. The lowest BCUT2D eigenvalue weighted by Crippen LogP contribution is -2.48. The largest absolute Gasteiger partial charge is 0.495 e. The van der Waals surface area contributed by atoms with E-state index in [9.17, 15) is 0 Å². The average Bonchev–Trinajstić information content (AvgIpc) is 2.60. The zero-order valence-electron chi connectivity index (χ0n) is 17.1. The van der Waals surface area contributed by atoms with Gasteiger partial charge in [0, 0.05) is 24.0 Å². The van der Waals surface area contributed by atoms with Crippen LogP contribution in [0.4, 0.5) is 11.4 Å². The fourth-order valence-corrected chi connectivity index (χ4v) is 4.52. The van der Waals surface area contributed by atoms with Crippen LogP contribution in [0.3, 0.4) is 0 Å². The van der Waals surface area contributed by atoms with Crippen LogP contribution in [-0.2, 0) is 0 Å². The second kappa shape index (κ2) is 7.55. The van der Waals surface area contributed by atoms with E-state index in [2.05, 4.69) is 56.6 Å². The predicted octanol–water partition coefficient (Wildman–Crippen LogP) is 6.52. The zero-order valence-corrected chi connectivity index (χ0v) is 17.9. The first kappa shape index (κ1) is 19.8. The van der Waals surface area contributed by atoms with Gasteiger partial charge in [-0.05, 0) is 87.1 Å². The Labute approximate surface area is 168 Å². The van der Waals surface area contributed by atoms with Crippen LogP contribution in [0.15, 0.2) is 35.3 Å². The van der Waals surface area contributed by atoms with Gasteiger partial charge in [-0.25, -0.2) is 0 Å². The second-order valence-electron chi connectivity index (χ2n) is 8.01. The first-order valence-electron chi connectivity index (χ1n) is 9.56. The van der Waals surface area contributed by atoms with E-state index in [0.717, 1.165) is 24.2 Å². The molecule has 3 rings (SSSR count). The molecule has 2 aromatic carbocycles. The maximum Gasteiger partial charge on any atom is 0.137 e. The third-order valence-corrected chi connectivity index (χ3v) is 5.87. The SMILES string of the molecule is CCN1c2cc(C)c(C=Nc3ccc(OC)c(Cl)c3)cc2[C@H](C)CC1(C)C. The van der Waals surface area contributed by atoms with Gasteiger partial charge in [0.2, 0.25) is 0 Å². The fourth-order valence-electron chi connectivity index (χ4n) is 4.27. The van der Waals surface area contributed by atoms with Crippen molar-refractivity contribution >= 4 is 29.2 Å². The molecule has 0 fully saturated rings. The summed E-state index contributed by atoms with van der Waals surface area (Å²) in [5.74, 6) is 1.19. The van der Waals surface area contributed by atoms with Crippen LogP contribution in [0.5, 0.6) is 5.75 Å². The van der Waals surface area contributed by atoms with Crippen molar-refractivity contribution in [3.05, 3.63) is 52.0 Å². The second-order valence-corrected chi connectivity index (χ2v) is 8.41. The molecule has 27 heavy (non-hydrogen) atoms. The van der Waals surface area contributed by atoms with Crippen molar-refractivity contribution in [3.8, 4) is 5.75 Å². The first-order chi connectivity index (χ1) is 12.8. The van der Waals surface area contributed by atoms with E-state index in [1.807, 2.05) is 24.4 Å². The van der Waals surface area contributed by atoms with Gasteiger partial charge in [0.1, 0.15) is 5.75 Å². The Morgan fingerprint density at radius 3 is 2.67 bits per heavy atom. The minimum Gasteiger partial charge on any atom is -0.495 e. The summed E-state index contributed by atoms with van der Waals surface area (Å²) in [7, 11) is 1.61.